The van der Waals surface area contributed by atoms with Crippen LogP contribution in [-0.4, -0.2) is 47.6 Å². The fourth-order valence-corrected chi connectivity index (χ4v) is 5.70. The van der Waals surface area contributed by atoms with Gasteiger partial charge in [-0.05, 0) is 48.9 Å². The number of rotatable bonds is 8. The number of anilines is 2. The number of hydrogen-bond donors (Lipinski definition) is 2. The number of urea groups is 1. The molecule has 0 radical (unpaired) electrons. The highest BCUT2D eigenvalue weighted by Gasteiger charge is 2.30. The van der Waals surface area contributed by atoms with E-state index < -0.39 is 0 Å². The van der Waals surface area contributed by atoms with Gasteiger partial charge in [-0.25, -0.2) is 14.8 Å². The molecule has 0 spiro atoms. The molecular weight excluding hydrogens is 552 g/mol. The van der Waals surface area contributed by atoms with Crippen LogP contribution in [0.2, 0.25) is 0 Å². The van der Waals surface area contributed by atoms with E-state index in [9.17, 15) is 10.1 Å². The first-order valence-electron chi connectivity index (χ1n) is 14.7. The largest absolute Gasteiger partial charge is 0.351 e. The number of aromatic nitrogens is 6. The Balaban J connectivity index is 1.17. The van der Waals surface area contributed by atoms with Crippen LogP contribution in [0.1, 0.15) is 36.8 Å². The first-order valence-corrected chi connectivity index (χ1v) is 14.7. The topological polar surface area (TPSA) is 130 Å². The normalized spacial score (nSPS) is 16.2. The Hall–Kier alpha value is -5.50. The lowest BCUT2D eigenvalue weighted by Gasteiger charge is -2.37. The van der Waals surface area contributed by atoms with E-state index in [1.165, 1.54) is 0 Å². The predicted octanol–water partition coefficient (Wildman–Crippen LogP) is 5.29. The zero-order valence-electron chi connectivity index (χ0n) is 24.8. The van der Waals surface area contributed by atoms with Crippen LogP contribution in [0.5, 0.6) is 0 Å². The maximum atomic E-state index is 13.7. The highest BCUT2D eigenvalue weighted by atomic mass is 16.2. The molecule has 11 heteroatoms. The van der Waals surface area contributed by atoms with Crippen LogP contribution >= 0.6 is 0 Å². The monoisotopic (exact) mass is 586 g/mol. The van der Waals surface area contributed by atoms with Crippen LogP contribution in [-0.2, 0) is 20.6 Å². The molecule has 3 aromatic heterocycles. The summed E-state index contributed by atoms with van der Waals surface area (Å²) in [6.07, 6.45) is 12.2. The number of carbonyl (C=O) groups is 1. The number of nitrogens with one attached hydrogen (secondary N) is 2. The van der Waals surface area contributed by atoms with Crippen molar-refractivity contribution in [1.82, 2.24) is 34.8 Å². The standard InChI is InChI=1S/C33H34N10O/c1-41-21-26(19-37-41)24-8-12-29(13-9-24)43(33(44)36-17-23-6-4-3-5-7-23)30-14-10-28(11-15-30)39-32-35-18-25(16-34)31(40-32)27-20-38-42(2)22-27/h3-9,12-13,18-22,28,30H,10-11,14-15,17H2,1-2H3,(H,36,44)(H,35,39,40)/t28-,30-. The Morgan fingerprint density at radius 2 is 1.59 bits per heavy atom. The third-order valence-corrected chi connectivity index (χ3v) is 7.97. The molecule has 1 saturated carbocycles. The molecule has 44 heavy (non-hydrogen) atoms. The molecule has 0 atom stereocenters. The third-order valence-electron chi connectivity index (χ3n) is 7.97. The minimum absolute atomic E-state index is 0.0286. The second-order valence-electron chi connectivity index (χ2n) is 11.1. The molecule has 0 saturated heterocycles. The van der Waals surface area contributed by atoms with Gasteiger partial charge in [-0.15, -0.1) is 0 Å². The van der Waals surface area contributed by atoms with Crippen molar-refractivity contribution < 1.29 is 4.79 Å². The first kappa shape index (κ1) is 28.6. The van der Waals surface area contributed by atoms with Crippen molar-refractivity contribution in [3.05, 3.63) is 96.7 Å². The number of nitriles is 1. The highest BCUT2D eigenvalue weighted by molar-refractivity contribution is 5.93. The van der Waals surface area contributed by atoms with Crippen molar-refractivity contribution in [3.63, 3.8) is 0 Å². The van der Waals surface area contributed by atoms with Gasteiger partial charge in [0.05, 0.1) is 29.8 Å². The summed E-state index contributed by atoms with van der Waals surface area (Å²) in [7, 11) is 3.73. The van der Waals surface area contributed by atoms with Gasteiger partial charge in [-0.2, -0.15) is 15.5 Å². The molecule has 2 amide bonds. The van der Waals surface area contributed by atoms with Crippen molar-refractivity contribution in [2.75, 3.05) is 10.2 Å². The summed E-state index contributed by atoms with van der Waals surface area (Å²) in [5.74, 6) is 0.481. The lowest BCUT2D eigenvalue weighted by Crippen LogP contribution is -2.48. The minimum atomic E-state index is -0.115. The summed E-state index contributed by atoms with van der Waals surface area (Å²) < 4.78 is 3.46. The molecule has 1 aliphatic rings. The van der Waals surface area contributed by atoms with E-state index in [2.05, 4.69) is 36.9 Å². The van der Waals surface area contributed by atoms with Gasteiger partial charge >= 0.3 is 6.03 Å². The summed E-state index contributed by atoms with van der Waals surface area (Å²) in [6, 6.07) is 20.3. The van der Waals surface area contributed by atoms with E-state index in [-0.39, 0.29) is 18.1 Å². The lowest BCUT2D eigenvalue weighted by atomic mass is 9.90. The number of amides is 2. The maximum absolute atomic E-state index is 13.7. The van der Waals surface area contributed by atoms with Crippen molar-refractivity contribution in [1.29, 1.82) is 5.26 Å². The van der Waals surface area contributed by atoms with Crippen molar-refractivity contribution in [3.8, 4) is 28.5 Å². The van der Waals surface area contributed by atoms with E-state index in [0.29, 0.717) is 23.8 Å². The van der Waals surface area contributed by atoms with E-state index in [1.807, 2.05) is 92.2 Å². The van der Waals surface area contributed by atoms with Gasteiger partial charge in [0.25, 0.3) is 0 Å². The van der Waals surface area contributed by atoms with Crippen LogP contribution in [0.4, 0.5) is 16.4 Å². The zero-order valence-corrected chi connectivity index (χ0v) is 24.8. The number of aryl methyl sites for hydroxylation is 2. The molecule has 1 fully saturated rings. The fraction of sp³-hybridized carbons (Fsp3) is 0.273. The van der Waals surface area contributed by atoms with E-state index in [0.717, 1.165) is 53.6 Å². The van der Waals surface area contributed by atoms with E-state index in [4.69, 9.17) is 0 Å². The fourth-order valence-electron chi connectivity index (χ4n) is 5.70. The summed E-state index contributed by atoms with van der Waals surface area (Å²) >= 11 is 0. The molecule has 2 N–H and O–H groups in total. The Labute approximate surface area is 256 Å². The maximum Gasteiger partial charge on any atom is 0.322 e. The van der Waals surface area contributed by atoms with Crippen LogP contribution in [0.3, 0.4) is 0 Å². The average Bonchev–Trinajstić information content (AvgIpc) is 3.70. The van der Waals surface area contributed by atoms with Gasteiger partial charge in [0, 0.05) is 61.9 Å². The smallest absolute Gasteiger partial charge is 0.322 e. The van der Waals surface area contributed by atoms with Crippen LogP contribution in [0, 0.1) is 11.3 Å². The molecular formula is C33H34N10O. The molecule has 3 heterocycles. The Morgan fingerprint density at radius 3 is 2.23 bits per heavy atom. The summed E-state index contributed by atoms with van der Waals surface area (Å²) in [5, 5.41) is 24.7. The SMILES string of the molecule is Cn1cc(-c2ccc(N(C(=O)NCc3ccccc3)[C@H]3CC[C@H](Nc4ncc(C#N)c(-c5cnn(C)c5)n4)CC3)cc2)cn1. The van der Waals surface area contributed by atoms with Crippen molar-refractivity contribution in [2.24, 2.45) is 14.1 Å². The summed E-state index contributed by atoms with van der Waals surface area (Å²) in [5.41, 5.74) is 5.71. The molecule has 0 unspecified atom stereocenters. The molecule has 5 aromatic rings. The molecule has 0 aliphatic heterocycles. The van der Waals surface area contributed by atoms with Gasteiger partial charge in [0.1, 0.15) is 6.07 Å². The van der Waals surface area contributed by atoms with Gasteiger partial charge in [-0.1, -0.05) is 42.5 Å². The highest BCUT2D eigenvalue weighted by Crippen LogP contribution is 2.31. The summed E-state index contributed by atoms with van der Waals surface area (Å²) in [4.78, 5) is 24.7. The number of carbonyl (C=O) groups excluding carboxylic acids is 1. The first-order chi connectivity index (χ1) is 21.5. The molecule has 6 rings (SSSR count). The molecule has 2 aromatic carbocycles. The second-order valence-corrected chi connectivity index (χ2v) is 11.1. The van der Waals surface area contributed by atoms with Crippen molar-refractivity contribution in [2.45, 2.75) is 44.3 Å². The van der Waals surface area contributed by atoms with E-state index >= 15 is 0 Å². The van der Waals surface area contributed by atoms with Crippen LogP contribution in [0.15, 0.2) is 85.6 Å². The predicted molar refractivity (Wildman–Crippen MR) is 168 cm³/mol. The van der Waals surface area contributed by atoms with Gasteiger partial charge < -0.3 is 10.6 Å². The molecule has 0 bridgehead atoms. The quantitative estimate of drug-likeness (QED) is 0.253. The zero-order chi connectivity index (χ0) is 30.5. The van der Waals surface area contributed by atoms with Gasteiger partial charge in [0.2, 0.25) is 5.95 Å². The number of hydrogen-bond acceptors (Lipinski definition) is 7. The Morgan fingerprint density at radius 1 is 0.909 bits per heavy atom. The molecule has 222 valence electrons. The van der Waals surface area contributed by atoms with Crippen LogP contribution < -0.4 is 15.5 Å². The Kier molecular flexibility index (Phi) is 8.32. The van der Waals surface area contributed by atoms with Gasteiger partial charge in [0.15, 0.2) is 0 Å². The summed E-state index contributed by atoms with van der Waals surface area (Å²) in [6.45, 7) is 0.455. The lowest BCUT2D eigenvalue weighted by molar-refractivity contribution is 0.240. The van der Waals surface area contributed by atoms with Crippen molar-refractivity contribution >= 4 is 17.7 Å². The molecule has 11 nitrogen and oxygen atoms in total. The third kappa shape index (κ3) is 6.44. The minimum Gasteiger partial charge on any atom is -0.351 e. The second kappa shape index (κ2) is 12.8. The molecule has 1 aliphatic carbocycles. The number of benzene rings is 2. The number of nitrogens with zero attached hydrogens (tertiary/aromatic N) is 8. The van der Waals surface area contributed by atoms with Gasteiger partial charge in [-0.3, -0.25) is 14.3 Å². The van der Waals surface area contributed by atoms with E-state index in [1.54, 1.807) is 21.8 Å². The average molecular weight is 587 g/mol. The van der Waals surface area contributed by atoms with Crippen LogP contribution in [0.25, 0.3) is 22.4 Å². The Bertz CT molecular complexity index is 1760.